The van der Waals surface area contributed by atoms with E-state index in [1.165, 1.54) is 0 Å². The molecule has 2 aromatic rings. The van der Waals surface area contributed by atoms with Gasteiger partial charge in [0.25, 0.3) is 0 Å². The first kappa shape index (κ1) is 10.9. The fraction of sp³-hybridized carbons (Fsp3) is 0.231. The van der Waals surface area contributed by atoms with Gasteiger partial charge in [-0.1, -0.05) is 18.2 Å². The molecule has 4 heteroatoms. The Bertz CT molecular complexity index is 538. The lowest BCUT2D eigenvalue weighted by molar-refractivity contribution is 0.301. The monoisotopic (exact) mass is 293 g/mol. The largest absolute Gasteiger partial charge is 0.493 e. The SMILES string of the molecule is NC(c1ccc(Br)o1)C1COc2ccccc21. The number of hydrogen-bond donors (Lipinski definition) is 1. The van der Waals surface area contributed by atoms with Crippen LogP contribution in [0.5, 0.6) is 5.75 Å². The zero-order valence-electron chi connectivity index (χ0n) is 9.10. The summed E-state index contributed by atoms with van der Waals surface area (Å²) in [6, 6.07) is 11.6. The maximum atomic E-state index is 6.23. The summed E-state index contributed by atoms with van der Waals surface area (Å²) in [4.78, 5) is 0. The van der Waals surface area contributed by atoms with Crippen molar-refractivity contribution in [2.45, 2.75) is 12.0 Å². The molecule has 0 fully saturated rings. The van der Waals surface area contributed by atoms with Crippen LogP contribution >= 0.6 is 15.9 Å². The molecule has 1 aromatic carbocycles. The summed E-state index contributed by atoms with van der Waals surface area (Å²) in [5.41, 5.74) is 7.39. The second-order valence-electron chi connectivity index (χ2n) is 4.12. The predicted molar refractivity (Wildman–Crippen MR) is 68.0 cm³/mol. The highest BCUT2D eigenvalue weighted by molar-refractivity contribution is 9.10. The molecule has 2 unspecified atom stereocenters. The van der Waals surface area contributed by atoms with Gasteiger partial charge >= 0.3 is 0 Å². The van der Waals surface area contributed by atoms with E-state index >= 15 is 0 Å². The highest BCUT2D eigenvalue weighted by Crippen LogP contribution is 2.40. The van der Waals surface area contributed by atoms with Gasteiger partial charge in [0.1, 0.15) is 11.5 Å². The lowest BCUT2D eigenvalue weighted by atomic mass is 9.92. The first-order valence-electron chi connectivity index (χ1n) is 5.48. The van der Waals surface area contributed by atoms with Crippen LogP contribution in [0.15, 0.2) is 45.5 Å². The van der Waals surface area contributed by atoms with E-state index < -0.39 is 0 Å². The zero-order valence-corrected chi connectivity index (χ0v) is 10.7. The molecule has 2 atom stereocenters. The minimum Gasteiger partial charge on any atom is -0.493 e. The van der Waals surface area contributed by atoms with Crippen LogP contribution in [0.25, 0.3) is 0 Å². The van der Waals surface area contributed by atoms with E-state index in [9.17, 15) is 0 Å². The maximum absolute atomic E-state index is 6.23. The fourth-order valence-electron chi connectivity index (χ4n) is 2.19. The van der Waals surface area contributed by atoms with Crippen LogP contribution in [0.3, 0.4) is 0 Å². The van der Waals surface area contributed by atoms with Gasteiger partial charge in [-0.3, -0.25) is 0 Å². The van der Waals surface area contributed by atoms with Crippen LogP contribution in [0.4, 0.5) is 0 Å². The molecular weight excluding hydrogens is 282 g/mol. The molecule has 1 aliphatic heterocycles. The normalized spacial score (nSPS) is 19.8. The van der Waals surface area contributed by atoms with Gasteiger partial charge in [0.2, 0.25) is 0 Å². The summed E-state index contributed by atoms with van der Waals surface area (Å²) in [6.07, 6.45) is 0. The molecule has 2 heterocycles. The van der Waals surface area contributed by atoms with Crippen molar-refractivity contribution in [3.8, 4) is 5.75 Å². The van der Waals surface area contributed by atoms with E-state index in [4.69, 9.17) is 14.9 Å². The maximum Gasteiger partial charge on any atom is 0.169 e. The van der Waals surface area contributed by atoms with Crippen molar-refractivity contribution in [3.05, 3.63) is 52.4 Å². The molecular formula is C13H12BrNO2. The highest BCUT2D eigenvalue weighted by Gasteiger charge is 2.31. The van der Waals surface area contributed by atoms with Crippen LogP contribution < -0.4 is 10.5 Å². The Labute approximate surface area is 108 Å². The van der Waals surface area contributed by atoms with Gasteiger partial charge in [-0.2, -0.15) is 0 Å². The molecule has 2 N–H and O–H groups in total. The third-order valence-electron chi connectivity index (χ3n) is 3.09. The second kappa shape index (κ2) is 4.20. The van der Waals surface area contributed by atoms with Crippen molar-refractivity contribution in [1.29, 1.82) is 0 Å². The Balaban J connectivity index is 1.92. The van der Waals surface area contributed by atoms with Gasteiger partial charge in [0.15, 0.2) is 4.67 Å². The molecule has 0 saturated heterocycles. The number of rotatable bonds is 2. The Hall–Kier alpha value is -1.26. The summed E-state index contributed by atoms with van der Waals surface area (Å²) in [7, 11) is 0. The van der Waals surface area contributed by atoms with E-state index in [2.05, 4.69) is 22.0 Å². The molecule has 3 rings (SSSR count). The average molecular weight is 294 g/mol. The van der Waals surface area contributed by atoms with Crippen LogP contribution in [0.1, 0.15) is 23.3 Å². The van der Waals surface area contributed by atoms with Crippen molar-refractivity contribution >= 4 is 15.9 Å². The number of ether oxygens (including phenoxy) is 1. The lowest BCUT2D eigenvalue weighted by Crippen LogP contribution is -2.20. The number of hydrogen-bond acceptors (Lipinski definition) is 3. The van der Waals surface area contributed by atoms with Gasteiger partial charge < -0.3 is 14.9 Å². The minimum absolute atomic E-state index is 0.157. The molecule has 0 amide bonds. The van der Waals surface area contributed by atoms with Crippen LogP contribution in [0.2, 0.25) is 0 Å². The summed E-state index contributed by atoms with van der Waals surface area (Å²) < 4.78 is 11.8. The number of halogens is 1. The highest BCUT2D eigenvalue weighted by atomic mass is 79.9. The van der Waals surface area contributed by atoms with Crippen LogP contribution in [0, 0.1) is 0 Å². The Morgan fingerprint density at radius 3 is 2.82 bits per heavy atom. The van der Waals surface area contributed by atoms with Crippen molar-refractivity contribution in [2.24, 2.45) is 5.73 Å². The van der Waals surface area contributed by atoms with Gasteiger partial charge in [-0.05, 0) is 34.1 Å². The third kappa shape index (κ3) is 1.87. The molecule has 17 heavy (non-hydrogen) atoms. The fourth-order valence-corrected chi connectivity index (χ4v) is 2.51. The Kier molecular flexibility index (Phi) is 2.68. The Morgan fingerprint density at radius 2 is 2.06 bits per heavy atom. The smallest absolute Gasteiger partial charge is 0.169 e. The number of benzene rings is 1. The van der Waals surface area contributed by atoms with E-state index in [1.54, 1.807) is 0 Å². The Morgan fingerprint density at radius 1 is 1.24 bits per heavy atom. The number of nitrogens with two attached hydrogens (primary N) is 1. The van der Waals surface area contributed by atoms with Crippen molar-refractivity contribution < 1.29 is 9.15 Å². The van der Waals surface area contributed by atoms with Crippen molar-refractivity contribution in [2.75, 3.05) is 6.61 Å². The summed E-state index contributed by atoms with van der Waals surface area (Å²) in [6.45, 7) is 0.610. The van der Waals surface area contributed by atoms with Gasteiger partial charge in [0, 0.05) is 11.5 Å². The molecule has 0 bridgehead atoms. The van der Waals surface area contributed by atoms with Gasteiger partial charge in [0.05, 0.1) is 12.6 Å². The summed E-state index contributed by atoms with van der Waals surface area (Å²) in [5.74, 6) is 1.87. The molecule has 0 saturated carbocycles. The molecule has 1 aromatic heterocycles. The average Bonchev–Trinajstić information content (AvgIpc) is 2.94. The first-order chi connectivity index (χ1) is 8.25. The van der Waals surface area contributed by atoms with E-state index in [0.29, 0.717) is 11.3 Å². The summed E-state index contributed by atoms with van der Waals surface area (Å²) in [5, 5.41) is 0. The van der Waals surface area contributed by atoms with Crippen LogP contribution in [-0.2, 0) is 0 Å². The van der Waals surface area contributed by atoms with Crippen LogP contribution in [-0.4, -0.2) is 6.61 Å². The zero-order chi connectivity index (χ0) is 11.8. The van der Waals surface area contributed by atoms with Gasteiger partial charge in [-0.25, -0.2) is 0 Å². The minimum atomic E-state index is -0.176. The molecule has 0 aliphatic carbocycles. The molecule has 1 aliphatic rings. The number of furan rings is 1. The number of fused-ring (bicyclic) bond motifs is 1. The van der Waals surface area contributed by atoms with E-state index in [-0.39, 0.29) is 12.0 Å². The molecule has 88 valence electrons. The first-order valence-corrected chi connectivity index (χ1v) is 6.27. The molecule has 0 radical (unpaired) electrons. The topological polar surface area (TPSA) is 48.4 Å². The number of para-hydroxylation sites is 1. The molecule has 0 spiro atoms. The van der Waals surface area contributed by atoms with E-state index in [1.807, 2.05) is 30.3 Å². The quantitative estimate of drug-likeness (QED) is 0.925. The second-order valence-corrected chi connectivity index (χ2v) is 4.90. The van der Waals surface area contributed by atoms with Crippen molar-refractivity contribution in [1.82, 2.24) is 0 Å². The third-order valence-corrected chi connectivity index (χ3v) is 3.52. The van der Waals surface area contributed by atoms with E-state index in [0.717, 1.165) is 17.1 Å². The predicted octanol–water partition coefficient (Wildman–Crippen LogP) is 3.22. The standard InChI is InChI=1S/C13H12BrNO2/c14-12-6-5-11(17-12)13(15)9-7-16-10-4-2-1-3-8(9)10/h1-6,9,13H,7,15H2. The molecule has 3 nitrogen and oxygen atoms in total. The van der Waals surface area contributed by atoms with Gasteiger partial charge in [-0.15, -0.1) is 0 Å². The lowest BCUT2D eigenvalue weighted by Gasteiger charge is -2.15. The van der Waals surface area contributed by atoms with Crippen molar-refractivity contribution in [3.63, 3.8) is 0 Å². The summed E-state index contributed by atoms with van der Waals surface area (Å²) >= 11 is 3.29.